The molecule has 5 rings (SSSR count). The third-order valence-electron chi connectivity index (χ3n) is 4.73. The van der Waals surface area contributed by atoms with Crippen molar-refractivity contribution in [2.45, 2.75) is 0 Å². The predicted octanol–water partition coefficient (Wildman–Crippen LogP) is 6.71. The quantitative estimate of drug-likeness (QED) is 0.321. The van der Waals surface area contributed by atoms with Crippen molar-refractivity contribution in [3.05, 3.63) is 97.1 Å². The molecule has 5 aromatic carbocycles. The van der Waals surface area contributed by atoms with E-state index in [0.717, 1.165) is 11.4 Å². The molecule has 0 saturated carbocycles. The average Bonchev–Trinajstić information content (AvgIpc) is 2.67. The fourth-order valence-corrected chi connectivity index (χ4v) is 3.48. The number of hydrogen-bond donors (Lipinski definition) is 0. The molecule has 0 amide bonds. The molecule has 117 valence electrons. The molecule has 0 heterocycles. The lowest BCUT2D eigenvalue weighted by Gasteiger charge is -2.11. The van der Waals surface area contributed by atoms with Gasteiger partial charge in [0.2, 0.25) is 0 Å². The minimum Gasteiger partial charge on any atom is -0.248 e. The molecule has 1 heteroatoms. The van der Waals surface area contributed by atoms with Crippen molar-refractivity contribution < 1.29 is 0 Å². The second-order valence-electron chi connectivity index (χ2n) is 6.31. The van der Waals surface area contributed by atoms with Crippen molar-refractivity contribution in [2.75, 3.05) is 0 Å². The summed E-state index contributed by atoms with van der Waals surface area (Å²) in [5.41, 5.74) is 2.03. The summed E-state index contributed by atoms with van der Waals surface area (Å²) < 4.78 is 0. The number of rotatable bonds is 2. The molecule has 0 unspecified atom stereocenters. The van der Waals surface area contributed by atoms with E-state index in [2.05, 4.69) is 97.1 Å². The minimum atomic E-state index is 1.01. The Morgan fingerprint density at radius 3 is 1.76 bits per heavy atom. The van der Waals surface area contributed by atoms with Crippen molar-refractivity contribution in [3.63, 3.8) is 0 Å². The zero-order valence-corrected chi connectivity index (χ0v) is 13.7. The van der Waals surface area contributed by atoms with Gasteiger partial charge in [-0.1, -0.05) is 72.8 Å². The van der Waals surface area contributed by atoms with Crippen LogP contribution in [0.1, 0.15) is 0 Å². The Kier molecular flexibility index (Phi) is 3.17. The van der Waals surface area contributed by atoms with E-state index in [1.54, 1.807) is 0 Å². The molecule has 5 aromatic rings. The molecule has 0 aliphatic carbocycles. The van der Waals surface area contributed by atoms with E-state index in [9.17, 15) is 0 Å². The maximum atomic E-state index is 5.00. The Balaban J connectivity index is 1.71. The van der Waals surface area contributed by atoms with Gasteiger partial charge in [0.05, 0.1) is 11.4 Å². The molecule has 0 aliphatic heterocycles. The Morgan fingerprint density at radius 1 is 0.400 bits per heavy atom. The second-order valence-corrected chi connectivity index (χ2v) is 6.31. The Bertz CT molecular complexity index is 1220. The maximum absolute atomic E-state index is 5.00. The highest BCUT2D eigenvalue weighted by Crippen LogP contribution is 2.32. The van der Waals surface area contributed by atoms with Crippen LogP contribution in [-0.2, 0) is 0 Å². The monoisotopic (exact) mass is 318 g/mol. The zero-order chi connectivity index (χ0) is 16.6. The van der Waals surface area contributed by atoms with Gasteiger partial charge < -0.3 is 0 Å². The minimum absolute atomic E-state index is 1.01. The van der Waals surface area contributed by atoms with Crippen molar-refractivity contribution >= 4 is 43.7 Å². The molecule has 25 heavy (non-hydrogen) atoms. The standard InChI is InChI=1S/C24H16N/c1-2-9-19-16-22-20(15-18(19)8-1)11-6-14-24(22)25-23-13-5-10-17-7-3-4-12-21(17)23/h1-16H. The molecule has 0 spiro atoms. The number of nitrogens with zero attached hydrogens (tertiary/aromatic N) is 1. The van der Waals surface area contributed by atoms with Crippen LogP contribution >= 0.6 is 0 Å². The average molecular weight is 318 g/mol. The van der Waals surface area contributed by atoms with E-state index in [0.29, 0.717) is 0 Å². The number of hydrogen-bond acceptors (Lipinski definition) is 0. The van der Waals surface area contributed by atoms with Crippen LogP contribution in [0.5, 0.6) is 0 Å². The van der Waals surface area contributed by atoms with Crippen molar-refractivity contribution in [1.82, 2.24) is 5.32 Å². The van der Waals surface area contributed by atoms with E-state index in [1.807, 2.05) is 0 Å². The summed E-state index contributed by atoms with van der Waals surface area (Å²) in [7, 11) is 0. The first-order valence-electron chi connectivity index (χ1n) is 8.49. The molecule has 0 aliphatic rings. The summed E-state index contributed by atoms with van der Waals surface area (Å²) in [6, 6.07) is 34.0. The van der Waals surface area contributed by atoms with Crippen molar-refractivity contribution in [2.24, 2.45) is 0 Å². The summed E-state index contributed by atoms with van der Waals surface area (Å²) in [4.78, 5) is 0. The third-order valence-corrected chi connectivity index (χ3v) is 4.73. The van der Waals surface area contributed by atoms with Crippen LogP contribution in [0.4, 0.5) is 11.4 Å². The Hall–Kier alpha value is -3.32. The maximum Gasteiger partial charge on any atom is 0.0715 e. The summed E-state index contributed by atoms with van der Waals surface area (Å²) in [6.07, 6.45) is 0. The van der Waals surface area contributed by atoms with Crippen LogP contribution in [0.25, 0.3) is 32.3 Å². The molecule has 0 bridgehead atoms. The summed E-state index contributed by atoms with van der Waals surface area (Å²) in [5.74, 6) is 0. The van der Waals surface area contributed by atoms with Gasteiger partial charge in [0, 0.05) is 10.8 Å². The molecule has 0 fully saturated rings. The molecule has 0 N–H and O–H groups in total. The fraction of sp³-hybridized carbons (Fsp3) is 0. The molecular formula is C24H16N. The molecule has 0 atom stereocenters. The van der Waals surface area contributed by atoms with Crippen LogP contribution in [-0.4, -0.2) is 0 Å². The summed E-state index contributed by atoms with van der Waals surface area (Å²) in [6.45, 7) is 0. The van der Waals surface area contributed by atoms with Gasteiger partial charge in [-0.25, -0.2) is 5.32 Å². The first-order valence-corrected chi connectivity index (χ1v) is 8.49. The summed E-state index contributed by atoms with van der Waals surface area (Å²) >= 11 is 0. The first-order chi connectivity index (χ1) is 12.4. The van der Waals surface area contributed by atoms with Gasteiger partial charge in [0.25, 0.3) is 0 Å². The summed E-state index contributed by atoms with van der Waals surface area (Å²) in [5, 5.41) is 12.3. The van der Waals surface area contributed by atoms with E-state index >= 15 is 0 Å². The predicted molar refractivity (Wildman–Crippen MR) is 107 cm³/mol. The lowest BCUT2D eigenvalue weighted by molar-refractivity contribution is 1.22. The highest BCUT2D eigenvalue weighted by Gasteiger charge is 2.07. The molecule has 1 radical (unpaired) electrons. The van der Waals surface area contributed by atoms with Crippen LogP contribution in [0, 0.1) is 0 Å². The molecule has 1 nitrogen and oxygen atoms in total. The van der Waals surface area contributed by atoms with Crippen LogP contribution in [0.2, 0.25) is 0 Å². The van der Waals surface area contributed by atoms with Crippen LogP contribution in [0.15, 0.2) is 97.1 Å². The lowest BCUT2D eigenvalue weighted by atomic mass is 10.0. The molecule has 0 aromatic heterocycles. The van der Waals surface area contributed by atoms with E-state index in [-0.39, 0.29) is 0 Å². The van der Waals surface area contributed by atoms with Gasteiger partial charge in [0.15, 0.2) is 0 Å². The molecular weight excluding hydrogens is 302 g/mol. The zero-order valence-electron chi connectivity index (χ0n) is 13.7. The molecule has 0 saturated heterocycles. The number of benzene rings is 5. The van der Waals surface area contributed by atoms with Crippen molar-refractivity contribution in [1.29, 1.82) is 0 Å². The highest BCUT2D eigenvalue weighted by atomic mass is 14.9. The van der Waals surface area contributed by atoms with Crippen LogP contribution < -0.4 is 5.32 Å². The lowest BCUT2D eigenvalue weighted by Crippen LogP contribution is -1.91. The largest absolute Gasteiger partial charge is 0.248 e. The smallest absolute Gasteiger partial charge is 0.0715 e. The third kappa shape index (κ3) is 2.41. The van der Waals surface area contributed by atoms with E-state index in [4.69, 9.17) is 5.32 Å². The Labute approximate surface area is 146 Å². The van der Waals surface area contributed by atoms with Gasteiger partial charge in [-0.05, 0) is 45.8 Å². The second kappa shape index (κ2) is 5.64. The van der Waals surface area contributed by atoms with E-state index < -0.39 is 0 Å². The van der Waals surface area contributed by atoms with Gasteiger partial charge in [-0.3, -0.25) is 0 Å². The Morgan fingerprint density at radius 2 is 0.960 bits per heavy atom. The number of fused-ring (bicyclic) bond motifs is 3. The SMILES string of the molecule is c1ccc2cc3c([N]c4cccc5ccccc45)cccc3cc2c1. The first kappa shape index (κ1) is 14.1. The fourth-order valence-electron chi connectivity index (χ4n) is 3.48. The highest BCUT2D eigenvalue weighted by molar-refractivity contribution is 6.04. The topological polar surface area (TPSA) is 14.1 Å². The van der Waals surface area contributed by atoms with Gasteiger partial charge in [-0.2, -0.15) is 0 Å². The van der Waals surface area contributed by atoms with Crippen molar-refractivity contribution in [3.8, 4) is 0 Å². The van der Waals surface area contributed by atoms with E-state index in [1.165, 1.54) is 32.3 Å². The van der Waals surface area contributed by atoms with Gasteiger partial charge in [0.1, 0.15) is 0 Å². The normalized spacial score (nSPS) is 11.2. The van der Waals surface area contributed by atoms with Gasteiger partial charge >= 0.3 is 0 Å². The van der Waals surface area contributed by atoms with Crippen LogP contribution in [0.3, 0.4) is 0 Å². The van der Waals surface area contributed by atoms with Gasteiger partial charge in [-0.15, -0.1) is 0 Å².